The lowest BCUT2D eigenvalue weighted by atomic mass is 10.2. The van der Waals surface area contributed by atoms with Crippen LogP contribution >= 0.6 is 31.9 Å². The fourth-order valence-corrected chi connectivity index (χ4v) is 2.93. The molecule has 1 aliphatic rings. The van der Waals surface area contributed by atoms with Crippen molar-refractivity contribution >= 4 is 49.5 Å². The Balaban J connectivity index is 2.23. The van der Waals surface area contributed by atoms with Crippen molar-refractivity contribution in [2.24, 2.45) is 0 Å². The minimum atomic E-state index is -1.10. The Labute approximate surface area is 127 Å². The van der Waals surface area contributed by atoms with E-state index < -0.39 is 12.0 Å². The molecule has 2 rings (SSSR count). The van der Waals surface area contributed by atoms with Crippen LogP contribution in [0.4, 0.5) is 10.5 Å². The Morgan fingerprint density at radius 1 is 1.32 bits per heavy atom. The predicted octanol–water partition coefficient (Wildman–Crippen LogP) is 3.58. The molecule has 0 bridgehead atoms. The second-order valence-electron chi connectivity index (χ2n) is 4.76. The van der Waals surface area contributed by atoms with Crippen molar-refractivity contribution in [1.82, 2.24) is 5.32 Å². The predicted molar refractivity (Wildman–Crippen MR) is 78.6 cm³/mol. The van der Waals surface area contributed by atoms with Gasteiger partial charge in [0.15, 0.2) is 0 Å². The van der Waals surface area contributed by atoms with Gasteiger partial charge in [-0.25, -0.2) is 9.59 Å². The first-order valence-corrected chi connectivity index (χ1v) is 7.21. The van der Waals surface area contributed by atoms with Gasteiger partial charge in [0.2, 0.25) is 0 Å². The first-order valence-electron chi connectivity index (χ1n) is 5.62. The molecular formula is C12H12Br2N2O3. The summed E-state index contributed by atoms with van der Waals surface area (Å²) in [6, 6.07) is 2.73. The molecule has 0 saturated heterocycles. The van der Waals surface area contributed by atoms with E-state index in [1.807, 2.05) is 6.92 Å². The highest BCUT2D eigenvalue weighted by Crippen LogP contribution is 2.35. The number of benzene rings is 1. The summed E-state index contributed by atoms with van der Waals surface area (Å²) in [5.74, 6) is -1.10. The van der Waals surface area contributed by atoms with Crippen molar-refractivity contribution in [3.8, 4) is 0 Å². The number of hydrogen-bond donors (Lipinski definition) is 3. The third kappa shape index (κ3) is 3.48. The Kier molecular flexibility index (Phi) is 3.87. The van der Waals surface area contributed by atoms with Gasteiger partial charge < -0.3 is 15.7 Å². The van der Waals surface area contributed by atoms with Crippen LogP contribution in [0.15, 0.2) is 21.1 Å². The molecule has 3 N–H and O–H groups in total. The molecule has 1 saturated carbocycles. The fraction of sp³-hybridized carbons (Fsp3) is 0.333. The number of nitrogens with one attached hydrogen (secondary N) is 2. The number of carbonyl (C=O) groups is 2. The highest BCUT2D eigenvalue weighted by atomic mass is 79.9. The monoisotopic (exact) mass is 390 g/mol. The van der Waals surface area contributed by atoms with E-state index in [0.717, 1.165) is 12.8 Å². The molecule has 0 radical (unpaired) electrons. The zero-order valence-corrected chi connectivity index (χ0v) is 13.3. The molecule has 0 atom stereocenters. The number of carbonyl (C=O) groups excluding carboxylic acids is 1. The summed E-state index contributed by atoms with van der Waals surface area (Å²) in [6.07, 6.45) is 1.88. The number of halogens is 2. The molecule has 5 nitrogen and oxygen atoms in total. The number of carboxylic acids is 1. The first-order chi connectivity index (χ1) is 8.81. The number of carboxylic acid groups (broad SMARTS) is 1. The van der Waals surface area contributed by atoms with Gasteiger partial charge in [-0.3, -0.25) is 0 Å². The lowest BCUT2D eigenvalue weighted by Gasteiger charge is -2.15. The van der Waals surface area contributed by atoms with Gasteiger partial charge in [0.25, 0.3) is 0 Å². The van der Waals surface area contributed by atoms with E-state index in [1.165, 1.54) is 6.07 Å². The summed E-state index contributed by atoms with van der Waals surface area (Å²) >= 11 is 6.47. The van der Waals surface area contributed by atoms with E-state index in [4.69, 9.17) is 5.11 Å². The second-order valence-corrected chi connectivity index (χ2v) is 6.53. The highest BCUT2D eigenvalue weighted by Gasteiger charge is 2.38. The van der Waals surface area contributed by atoms with Crippen molar-refractivity contribution in [3.05, 3.63) is 26.6 Å². The Hall–Kier alpha value is -1.08. The second kappa shape index (κ2) is 5.13. The number of rotatable bonds is 3. The van der Waals surface area contributed by atoms with E-state index in [9.17, 15) is 9.59 Å². The average molecular weight is 392 g/mol. The Bertz CT molecular complexity index is 556. The fourth-order valence-electron chi connectivity index (χ4n) is 1.60. The van der Waals surface area contributed by atoms with E-state index >= 15 is 0 Å². The van der Waals surface area contributed by atoms with Crippen LogP contribution in [0.25, 0.3) is 0 Å². The van der Waals surface area contributed by atoms with Crippen LogP contribution in [0.5, 0.6) is 0 Å². The van der Waals surface area contributed by atoms with Crippen molar-refractivity contribution in [2.75, 3.05) is 5.32 Å². The molecule has 2 amide bonds. The number of hydrogen-bond acceptors (Lipinski definition) is 2. The maximum Gasteiger partial charge on any atom is 0.337 e. The highest BCUT2D eigenvalue weighted by molar-refractivity contribution is 9.11. The van der Waals surface area contributed by atoms with Crippen molar-refractivity contribution in [3.63, 3.8) is 0 Å². The van der Waals surface area contributed by atoms with Crippen molar-refractivity contribution < 1.29 is 14.7 Å². The molecule has 102 valence electrons. The van der Waals surface area contributed by atoms with Gasteiger partial charge in [0, 0.05) is 14.5 Å². The summed E-state index contributed by atoms with van der Waals surface area (Å²) in [4.78, 5) is 23.0. The quantitative estimate of drug-likeness (QED) is 0.736. The van der Waals surface area contributed by atoms with E-state index in [1.54, 1.807) is 6.07 Å². The number of urea groups is 1. The van der Waals surface area contributed by atoms with Gasteiger partial charge in [0.1, 0.15) is 0 Å². The summed E-state index contributed by atoms with van der Waals surface area (Å²) in [7, 11) is 0. The third-order valence-corrected chi connectivity index (χ3v) is 4.02. The van der Waals surface area contributed by atoms with Crippen LogP contribution in [0.1, 0.15) is 30.1 Å². The minimum absolute atomic E-state index is 0.0253. The Morgan fingerprint density at radius 2 is 1.95 bits per heavy atom. The molecule has 0 aromatic heterocycles. The zero-order chi connectivity index (χ0) is 14.2. The number of anilines is 1. The first kappa shape index (κ1) is 14.3. The van der Waals surface area contributed by atoms with Crippen LogP contribution in [0, 0.1) is 0 Å². The number of aromatic carboxylic acids is 1. The van der Waals surface area contributed by atoms with E-state index in [0.29, 0.717) is 8.95 Å². The van der Waals surface area contributed by atoms with E-state index in [2.05, 4.69) is 42.5 Å². The maximum atomic E-state index is 11.8. The van der Waals surface area contributed by atoms with Gasteiger partial charge >= 0.3 is 12.0 Å². The van der Waals surface area contributed by atoms with Crippen LogP contribution in [0.2, 0.25) is 0 Å². The maximum absolute atomic E-state index is 11.8. The Morgan fingerprint density at radius 3 is 2.47 bits per heavy atom. The SMILES string of the molecule is CC1(NC(=O)Nc2c(Br)cc(Br)cc2C(=O)O)CC1. The van der Waals surface area contributed by atoms with Gasteiger partial charge in [-0.15, -0.1) is 0 Å². The lowest BCUT2D eigenvalue weighted by molar-refractivity contribution is 0.0698. The normalized spacial score (nSPS) is 15.7. The van der Waals surface area contributed by atoms with Gasteiger partial charge in [-0.05, 0) is 47.8 Å². The van der Waals surface area contributed by atoms with Crippen LogP contribution in [-0.2, 0) is 0 Å². The lowest BCUT2D eigenvalue weighted by Crippen LogP contribution is -2.38. The van der Waals surface area contributed by atoms with Gasteiger partial charge in [-0.2, -0.15) is 0 Å². The molecule has 7 heteroatoms. The molecule has 1 aromatic carbocycles. The van der Waals surface area contributed by atoms with Crippen LogP contribution < -0.4 is 10.6 Å². The zero-order valence-electron chi connectivity index (χ0n) is 10.1. The van der Waals surface area contributed by atoms with Gasteiger partial charge in [0.05, 0.1) is 11.3 Å². The summed E-state index contributed by atoms with van der Waals surface area (Å²) in [5, 5.41) is 14.6. The summed E-state index contributed by atoms with van der Waals surface area (Å²) in [6.45, 7) is 1.95. The molecule has 0 unspecified atom stereocenters. The van der Waals surface area contributed by atoms with E-state index in [-0.39, 0.29) is 16.8 Å². The van der Waals surface area contributed by atoms with Crippen molar-refractivity contribution in [2.45, 2.75) is 25.3 Å². The molecule has 0 heterocycles. The van der Waals surface area contributed by atoms with Crippen molar-refractivity contribution in [1.29, 1.82) is 0 Å². The summed E-state index contributed by atoms with van der Waals surface area (Å²) < 4.78 is 1.13. The number of amides is 2. The largest absolute Gasteiger partial charge is 0.478 e. The van der Waals surface area contributed by atoms with Gasteiger partial charge in [-0.1, -0.05) is 15.9 Å². The minimum Gasteiger partial charge on any atom is -0.478 e. The topological polar surface area (TPSA) is 78.4 Å². The van der Waals surface area contributed by atoms with Crippen LogP contribution in [-0.4, -0.2) is 22.6 Å². The molecule has 19 heavy (non-hydrogen) atoms. The third-order valence-electron chi connectivity index (χ3n) is 2.94. The van der Waals surface area contributed by atoms with Crippen LogP contribution in [0.3, 0.4) is 0 Å². The molecule has 1 fully saturated rings. The molecular weight excluding hydrogens is 380 g/mol. The molecule has 0 aliphatic heterocycles. The molecule has 0 spiro atoms. The smallest absolute Gasteiger partial charge is 0.337 e. The average Bonchev–Trinajstić information content (AvgIpc) is 2.99. The molecule has 1 aromatic rings. The molecule has 1 aliphatic carbocycles. The standard InChI is InChI=1S/C12H12Br2N2O3/c1-12(2-3-12)16-11(19)15-9-7(10(17)18)4-6(13)5-8(9)14/h4-5H,2-3H2,1H3,(H,17,18)(H2,15,16,19). The summed E-state index contributed by atoms with van der Waals surface area (Å²) in [5.41, 5.74) is 0.116.